The lowest BCUT2D eigenvalue weighted by molar-refractivity contribution is -0.121. The maximum absolute atomic E-state index is 11.4. The molecule has 1 fully saturated rings. The van der Waals surface area contributed by atoms with Gasteiger partial charge in [0.05, 0.1) is 0 Å². The van der Waals surface area contributed by atoms with Crippen molar-refractivity contribution in [1.29, 1.82) is 0 Å². The molecular weight excluding hydrogens is 208 g/mol. The van der Waals surface area contributed by atoms with Gasteiger partial charge in [-0.15, -0.1) is 0 Å². The van der Waals surface area contributed by atoms with Gasteiger partial charge in [-0.25, -0.2) is 0 Å². The first-order chi connectivity index (χ1) is 7.33. The van der Waals surface area contributed by atoms with Gasteiger partial charge in [-0.2, -0.15) is 11.8 Å². The summed E-state index contributed by atoms with van der Waals surface area (Å²) in [5.41, 5.74) is 5.37. The van der Waals surface area contributed by atoms with Crippen molar-refractivity contribution < 1.29 is 4.79 Å². The summed E-state index contributed by atoms with van der Waals surface area (Å²) < 4.78 is 0. The second-order valence-corrected chi connectivity index (χ2v) is 5.45. The minimum absolute atomic E-state index is 0.189. The molecule has 88 valence electrons. The molecule has 15 heavy (non-hydrogen) atoms. The minimum atomic E-state index is 0.189. The highest BCUT2D eigenvalue weighted by molar-refractivity contribution is 7.99. The lowest BCUT2D eigenvalue weighted by Gasteiger charge is -2.21. The summed E-state index contributed by atoms with van der Waals surface area (Å²) in [6.07, 6.45) is 6.42. The van der Waals surface area contributed by atoms with E-state index in [0.29, 0.717) is 18.2 Å². The average Bonchev–Trinajstić information content (AvgIpc) is 2.28. The largest absolute Gasteiger partial charge is 0.355 e. The number of amides is 1. The molecule has 1 unspecified atom stereocenters. The van der Waals surface area contributed by atoms with Crippen LogP contribution < -0.4 is 11.1 Å². The fourth-order valence-electron chi connectivity index (χ4n) is 1.71. The van der Waals surface area contributed by atoms with Gasteiger partial charge < -0.3 is 11.1 Å². The Bertz CT molecular complexity index is 181. The highest BCUT2D eigenvalue weighted by atomic mass is 32.2. The summed E-state index contributed by atoms with van der Waals surface area (Å²) in [5, 5.41) is 3.66. The molecule has 0 aliphatic carbocycles. The van der Waals surface area contributed by atoms with Crippen molar-refractivity contribution in [2.75, 3.05) is 18.8 Å². The van der Waals surface area contributed by atoms with Crippen molar-refractivity contribution in [2.45, 2.75) is 43.8 Å². The van der Waals surface area contributed by atoms with E-state index in [9.17, 15) is 4.79 Å². The quantitative estimate of drug-likeness (QED) is 0.680. The van der Waals surface area contributed by atoms with Gasteiger partial charge in [0.2, 0.25) is 5.91 Å². The van der Waals surface area contributed by atoms with Crippen molar-refractivity contribution in [3.05, 3.63) is 0 Å². The lowest BCUT2D eigenvalue weighted by atomic mass is 10.2. The fourth-order valence-corrected chi connectivity index (χ4v) is 2.95. The molecule has 0 bridgehead atoms. The summed E-state index contributed by atoms with van der Waals surface area (Å²) in [6, 6.07) is 0. The van der Waals surface area contributed by atoms with E-state index in [0.717, 1.165) is 19.4 Å². The number of hydrogen-bond donors (Lipinski definition) is 2. The molecule has 1 amide bonds. The van der Waals surface area contributed by atoms with E-state index >= 15 is 0 Å². The Hall–Kier alpha value is -0.220. The van der Waals surface area contributed by atoms with Gasteiger partial charge in [0.15, 0.2) is 0 Å². The van der Waals surface area contributed by atoms with E-state index in [1.165, 1.54) is 25.0 Å². The first kappa shape index (κ1) is 12.8. The molecule has 1 rings (SSSR count). The third-order valence-electron chi connectivity index (χ3n) is 2.66. The predicted molar refractivity (Wildman–Crippen MR) is 66.0 cm³/mol. The SMILES string of the molecule is NCCCCC(=O)NCC1CCCCS1. The monoisotopic (exact) mass is 230 g/mol. The number of nitrogens with one attached hydrogen (secondary N) is 1. The normalized spacial score (nSPS) is 21.3. The predicted octanol–water partition coefficient (Wildman–Crippen LogP) is 1.52. The zero-order chi connectivity index (χ0) is 10.9. The molecule has 0 aromatic carbocycles. The van der Waals surface area contributed by atoms with E-state index in [-0.39, 0.29) is 5.91 Å². The summed E-state index contributed by atoms with van der Waals surface area (Å²) in [7, 11) is 0. The van der Waals surface area contributed by atoms with Gasteiger partial charge in [-0.05, 0) is 38.0 Å². The Kier molecular flexibility index (Phi) is 6.85. The second-order valence-electron chi connectivity index (χ2n) is 4.04. The molecule has 1 aliphatic rings. The van der Waals surface area contributed by atoms with Crippen LogP contribution >= 0.6 is 11.8 Å². The molecule has 0 aromatic heterocycles. The molecule has 1 saturated heterocycles. The van der Waals surface area contributed by atoms with Crippen molar-refractivity contribution in [3.8, 4) is 0 Å². The molecule has 3 nitrogen and oxygen atoms in total. The molecule has 1 heterocycles. The standard InChI is InChI=1S/C11H22N2OS/c12-7-3-1-6-11(14)13-9-10-5-2-4-8-15-10/h10H,1-9,12H2,(H,13,14). The Morgan fingerprint density at radius 2 is 2.27 bits per heavy atom. The van der Waals surface area contributed by atoms with E-state index < -0.39 is 0 Å². The highest BCUT2D eigenvalue weighted by Crippen LogP contribution is 2.24. The van der Waals surface area contributed by atoms with Crippen molar-refractivity contribution in [1.82, 2.24) is 5.32 Å². The Morgan fingerprint density at radius 1 is 1.40 bits per heavy atom. The Balaban J connectivity index is 2.00. The number of hydrogen-bond acceptors (Lipinski definition) is 3. The van der Waals surface area contributed by atoms with Crippen molar-refractivity contribution >= 4 is 17.7 Å². The smallest absolute Gasteiger partial charge is 0.220 e. The zero-order valence-corrected chi connectivity index (χ0v) is 10.2. The molecule has 0 saturated carbocycles. The molecule has 0 radical (unpaired) electrons. The van der Waals surface area contributed by atoms with Crippen LogP contribution in [0.25, 0.3) is 0 Å². The Labute approximate surface area is 96.6 Å². The van der Waals surface area contributed by atoms with Crippen LogP contribution in [-0.4, -0.2) is 30.0 Å². The van der Waals surface area contributed by atoms with Crippen LogP contribution in [0.1, 0.15) is 38.5 Å². The van der Waals surface area contributed by atoms with Gasteiger partial charge >= 0.3 is 0 Å². The summed E-state index contributed by atoms with van der Waals surface area (Å²) in [6.45, 7) is 1.54. The number of carbonyl (C=O) groups excluding carboxylic acids is 1. The van der Waals surface area contributed by atoms with Crippen LogP contribution in [0.2, 0.25) is 0 Å². The van der Waals surface area contributed by atoms with Crippen LogP contribution in [0, 0.1) is 0 Å². The number of thioether (sulfide) groups is 1. The average molecular weight is 230 g/mol. The van der Waals surface area contributed by atoms with Gasteiger partial charge in [-0.1, -0.05) is 6.42 Å². The summed E-state index contributed by atoms with van der Waals surface area (Å²) in [5.74, 6) is 1.45. The van der Waals surface area contributed by atoms with E-state index in [1.807, 2.05) is 11.8 Å². The topological polar surface area (TPSA) is 55.1 Å². The van der Waals surface area contributed by atoms with E-state index in [2.05, 4.69) is 5.32 Å². The first-order valence-electron chi connectivity index (χ1n) is 5.91. The van der Waals surface area contributed by atoms with Gasteiger partial charge in [-0.3, -0.25) is 4.79 Å². The van der Waals surface area contributed by atoms with Gasteiger partial charge in [0.25, 0.3) is 0 Å². The van der Waals surface area contributed by atoms with E-state index in [4.69, 9.17) is 5.73 Å². The summed E-state index contributed by atoms with van der Waals surface area (Å²) >= 11 is 2.00. The number of unbranched alkanes of at least 4 members (excludes halogenated alkanes) is 1. The van der Waals surface area contributed by atoms with Gasteiger partial charge in [0, 0.05) is 18.2 Å². The molecule has 1 aliphatic heterocycles. The molecule has 3 N–H and O–H groups in total. The highest BCUT2D eigenvalue weighted by Gasteiger charge is 2.14. The molecular formula is C11H22N2OS. The number of nitrogens with two attached hydrogens (primary N) is 1. The molecule has 0 spiro atoms. The zero-order valence-electron chi connectivity index (χ0n) is 9.34. The first-order valence-corrected chi connectivity index (χ1v) is 6.96. The third-order valence-corrected chi connectivity index (χ3v) is 4.06. The maximum Gasteiger partial charge on any atom is 0.220 e. The van der Waals surface area contributed by atoms with Crippen LogP contribution in [-0.2, 0) is 4.79 Å². The van der Waals surface area contributed by atoms with Crippen molar-refractivity contribution in [3.63, 3.8) is 0 Å². The minimum Gasteiger partial charge on any atom is -0.355 e. The van der Waals surface area contributed by atoms with Crippen molar-refractivity contribution in [2.24, 2.45) is 5.73 Å². The molecule has 0 aromatic rings. The second kappa shape index (κ2) is 7.99. The number of rotatable bonds is 6. The third kappa shape index (κ3) is 6.05. The number of carbonyl (C=O) groups is 1. The van der Waals surface area contributed by atoms with Crippen LogP contribution in [0.4, 0.5) is 0 Å². The van der Waals surface area contributed by atoms with Crippen LogP contribution in [0.3, 0.4) is 0 Å². The van der Waals surface area contributed by atoms with Gasteiger partial charge in [0.1, 0.15) is 0 Å². The maximum atomic E-state index is 11.4. The van der Waals surface area contributed by atoms with Crippen LogP contribution in [0.5, 0.6) is 0 Å². The fraction of sp³-hybridized carbons (Fsp3) is 0.909. The van der Waals surface area contributed by atoms with E-state index in [1.54, 1.807) is 0 Å². The summed E-state index contributed by atoms with van der Waals surface area (Å²) in [4.78, 5) is 11.4. The van der Waals surface area contributed by atoms with Crippen LogP contribution in [0.15, 0.2) is 0 Å². The molecule has 4 heteroatoms. The Morgan fingerprint density at radius 3 is 2.93 bits per heavy atom. The molecule has 1 atom stereocenters. The lowest BCUT2D eigenvalue weighted by Crippen LogP contribution is -2.31.